The first kappa shape index (κ1) is 25.1. The van der Waals surface area contributed by atoms with Crippen LogP contribution in [-0.2, 0) is 9.63 Å². The number of piperidine rings is 2. The maximum absolute atomic E-state index is 13.9. The number of carbonyl (C=O) groups is 1. The standard InChI is InChI=1S/C29H35N5O4/c30-16-25(32-38-17-27(35)36)28-29(37)34(26-10-2-1-9-24(26)31-28)23-14-20-7-4-8-21(15-23)33(20)22-12-18-5-3-6-19(11-18)13-22/h1-2,9-10,18-23H,3-8,11-15,17H2,(H,35,36). The van der Waals surface area contributed by atoms with Gasteiger partial charge < -0.3 is 14.5 Å². The van der Waals surface area contributed by atoms with Gasteiger partial charge in [-0.2, -0.15) is 5.26 Å². The lowest BCUT2D eigenvalue weighted by Crippen LogP contribution is -2.58. The second-order valence-corrected chi connectivity index (χ2v) is 11.7. The maximum Gasteiger partial charge on any atom is 0.344 e. The summed E-state index contributed by atoms with van der Waals surface area (Å²) in [5, 5.41) is 22.2. The molecule has 4 bridgehead atoms. The lowest BCUT2D eigenvalue weighted by Gasteiger charge is -2.55. The number of nitriles is 1. The first-order valence-electron chi connectivity index (χ1n) is 14.1. The van der Waals surface area contributed by atoms with Crippen molar-refractivity contribution in [2.45, 2.75) is 94.8 Å². The molecule has 0 radical (unpaired) electrons. The van der Waals surface area contributed by atoms with Crippen molar-refractivity contribution in [2.24, 2.45) is 17.0 Å². The number of hydrogen-bond acceptors (Lipinski definition) is 7. The van der Waals surface area contributed by atoms with Gasteiger partial charge in [0, 0.05) is 24.2 Å². The SMILES string of the molecule is N#CC(=NOCC(=O)O)c1nc2ccccc2n(C2CC3CCCC(C2)N3C2CC3CCCC(C3)C2)c1=O. The molecule has 4 fully saturated rings. The second-order valence-electron chi connectivity index (χ2n) is 11.7. The van der Waals surface area contributed by atoms with Crippen LogP contribution in [-0.4, -0.2) is 56.0 Å². The van der Waals surface area contributed by atoms with E-state index in [1.165, 1.54) is 44.9 Å². The lowest BCUT2D eigenvalue weighted by atomic mass is 9.68. The van der Waals surface area contributed by atoms with E-state index in [2.05, 4.69) is 15.0 Å². The molecule has 4 aliphatic rings. The first-order valence-corrected chi connectivity index (χ1v) is 14.1. The van der Waals surface area contributed by atoms with Crippen LogP contribution >= 0.6 is 0 Å². The molecule has 38 heavy (non-hydrogen) atoms. The van der Waals surface area contributed by atoms with Crippen molar-refractivity contribution < 1.29 is 14.7 Å². The van der Waals surface area contributed by atoms with Crippen molar-refractivity contribution in [3.8, 4) is 6.07 Å². The number of oxime groups is 1. The number of fused-ring (bicyclic) bond motifs is 5. The van der Waals surface area contributed by atoms with E-state index in [0.717, 1.165) is 43.0 Å². The fourth-order valence-corrected chi connectivity index (χ4v) is 8.08. The van der Waals surface area contributed by atoms with Crippen LogP contribution in [0.3, 0.4) is 0 Å². The molecule has 1 N–H and O–H groups in total. The van der Waals surface area contributed by atoms with Gasteiger partial charge in [0.05, 0.1) is 11.0 Å². The van der Waals surface area contributed by atoms with Gasteiger partial charge in [-0.3, -0.25) is 9.69 Å². The van der Waals surface area contributed by atoms with Crippen molar-refractivity contribution >= 4 is 22.7 Å². The van der Waals surface area contributed by atoms with Gasteiger partial charge in [0.15, 0.2) is 5.69 Å². The lowest BCUT2D eigenvalue weighted by molar-refractivity contribution is -0.142. The van der Waals surface area contributed by atoms with Crippen molar-refractivity contribution in [1.29, 1.82) is 5.26 Å². The van der Waals surface area contributed by atoms with E-state index in [1.54, 1.807) is 0 Å². The fraction of sp³-hybridized carbons (Fsp3) is 0.621. The van der Waals surface area contributed by atoms with Crippen molar-refractivity contribution in [3.63, 3.8) is 0 Å². The molecule has 6 rings (SSSR count). The van der Waals surface area contributed by atoms with Gasteiger partial charge >= 0.3 is 5.97 Å². The molecular formula is C29H35N5O4. The first-order chi connectivity index (χ1) is 18.5. The highest BCUT2D eigenvalue weighted by molar-refractivity contribution is 6.10. The Morgan fingerprint density at radius 2 is 1.68 bits per heavy atom. The summed E-state index contributed by atoms with van der Waals surface area (Å²) in [4.78, 5) is 36.9. The smallest absolute Gasteiger partial charge is 0.344 e. The van der Waals surface area contributed by atoms with Gasteiger partial charge in [0.1, 0.15) is 6.07 Å². The molecular weight excluding hydrogens is 482 g/mol. The number of carboxylic acid groups (broad SMARTS) is 1. The monoisotopic (exact) mass is 517 g/mol. The Bertz CT molecular complexity index is 1320. The van der Waals surface area contributed by atoms with E-state index >= 15 is 0 Å². The predicted octanol–water partition coefficient (Wildman–Crippen LogP) is 4.25. The summed E-state index contributed by atoms with van der Waals surface area (Å²) in [6.07, 6.45) is 13.6. The Balaban J connectivity index is 1.34. The number of hydrogen-bond donors (Lipinski definition) is 1. The van der Waals surface area contributed by atoms with Gasteiger partial charge in [0.25, 0.3) is 5.56 Å². The van der Waals surface area contributed by atoms with E-state index in [4.69, 9.17) is 9.94 Å². The van der Waals surface area contributed by atoms with Crippen molar-refractivity contribution in [2.75, 3.05) is 6.61 Å². The van der Waals surface area contributed by atoms with Crippen LogP contribution in [0.2, 0.25) is 0 Å². The highest BCUT2D eigenvalue weighted by Crippen LogP contribution is 2.47. The van der Waals surface area contributed by atoms with Crippen LogP contribution in [0.4, 0.5) is 0 Å². The summed E-state index contributed by atoms with van der Waals surface area (Å²) in [5.74, 6) is 0.550. The summed E-state index contributed by atoms with van der Waals surface area (Å²) in [7, 11) is 0. The van der Waals surface area contributed by atoms with Crippen LogP contribution in [0, 0.1) is 23.2 Å². The number of aliphatic carboxylic acids is 1. The van der Waals surface area contributed by atoms with Crippen LogP contribution in [0.25, 0.3) is 11.0 Å². The Labute approximate surface area is 222 Å². The number of nitrogens with zero attached hydrogens (tertiary/aromatic N) is 5. The Kier molecular flexibility index (Phi) is 6.91. The number of rotatable bonds is 6. The van der Waals surface area contributed by atoms with Gasteiger partial charge in [-0.25, -0.2) is 9.78 Å². The average Bonchev–Trinajstić information content (AvgIpc) is 2.90. The summed E-state index contributed by atoms with van der Waals surface area (Å²) in [5.41, 5.74) is 0.600. The maximum atomic E-state index is 13.9. The number of benzene rings is 1. The summed E-state index contributed by atoms with van der Waals surface area (Å²) >= 11 is 0. The Morgan fingerprint density at radius 1 is 1.00 bits per heavy atom. The largest absolute Gasteiger partial charge is 0.479 e. The quantitative estimate of drug-likeness (QED) is 0.449. The molecule has 1 aromatic heterocycles. The highest BCUT2D eigenvalue weighted by atomic mass is 16.6. The molecule has 9 heteroatoms. The molecule has 1 aromatic carbocycles. The van der Waals surface area contributed by atoms with Crippen LogP contribution in [0.5, 0.6) is 0 Å². The molecule has 2 aromatic rings. The second kappa shape index (κ2) is 10.5. The molecule has 3 heterocycles. The average molecular weight is 518 g/mol. The molecule has 9 nitrogen and oxygen atoms in total. The molecule has 0 spiro atoms. The van der Waals surface area contributed by atoms with Crippen LogP contribution in [0.15, 0.2) is 34.2 Å². The fourth-order valence-electron chi connectivity index (χ4n) is 8.08. The van der Waals surface area contributed by atoms with Crippen LogP contribution in [0.1, 0.15) is 82.4 Å². The number of aromatic nitrogens is 2. The third-order valence-corrected chi connectivity index (χ3v) is 9.36. The third-order valence-electron chi connectivity index (χ3n) is 9.36. The zero-order valence-corrected chi connectivity index (χ0v) is 21.7. The molecule has 4 unspecified atom stereocenters. The normalized spacial score (nSPS) is 31.5. The third kappa shape index (κ3) is 4.71. The molecule has 2 aliphatic carbocycles. The minimum atomic E-state index is -1.21. The molecule has 2 aliphatic heterocycles. The van der Waals surface area contributed by atoms with E-state index in [0.29, 0.717) is 23.6 Å². The number of carboxylic acids is 1. The van der Waals surface area contributed by atoms with Gasteiger partial charge in [-0.1, -0.05) is 43.0 Å². The molecule has 4 atom stereocenters. The Hall–Kier alpha value is -3.25. The van der Waals surface area contributed by atoms with E-state index in [1.807, 2.05) is 34.9 Å². The zero-order chi connectivity index (χ0) is 26.2. The summed E-state index contributed by atoms with van der Waals surface area (Å²) in [6.45, 7) is -0.697. The van der Waals surface area contributed by atoms with Gasteiger partial charge in [-0.15, -0.1) is 0 Å². The van der Waals surface area contributed by atoms with E-state index < -0.39 is 12.6 Å². The minimum absolute atomic E-state index is 0.00340. The minimum Gasteiger partial charge on any atom is -0.479 e. The topological polar surface area (TPSA) is 121 Å². The highest BCUT2D eigenvalue weighted by Gasteiger charge is 2.45. The van der Waals surface area contributed by atoms with Gasteiger partial charge in [0.2, 0.25) is 12.3 Å². The molecule has 2 saturated carbocycles. The molecule has 200 valence electrons. The summed E-state index contributed by atoms with van der Waals surface area (Å²) < 4.78 is 1.83. The predicted molar refractivity (Wildman–Crippen MR) is 142 cm³/mol. The Morgan fingerprint density at radius 3 is 2.37 bits per heavy atom. The van der Waals surface area contributed by atoms with E-state index in [-0.39, 0.29) is 23.0 Å². The van der Waals surface area contributed by atoms with Crippen LogP contribution < -0.4 is 5.56 Å². The molecule has 2 saturated heterocycles. The van der Waals surface area contributed by atoms with Crippen molar-refractivity contribution in [3.05, 3.63) is 40.3 Å². The molecule has 0 amide bonds. The van der Waals surface area contributed by atoms with E-state index in [9.17, 15) is 14.9 Å². The van der Waals surface area contributed by atoms with Gasteiger partial charge in [-0.05, 0) is 68.9 Å². The zero-order valence-electron chi connectivity index (χ0n) is 21.7. The van der Waals surface area contributed by atoms with Crippen molar-refractivity contribution in [1.82, 2.24) is 14.5 Å². The number of para-hydroxylation sites is 2. The summed E-state index contributed by atoms with van der Waals surface area (Å²) in [6, 6.07) is 11.0.